The fraction of sp³-hybridized carbons (Fsp3) is 0.412. The lowest BCUT2D eigenvalue weighted by Crippen LogP contribution is -2.24. The number of nitrogens with zero attached hydrogens (tertiary/aromatic N) is 6. The van der Waals surface area contributed by atoms with E-state index >= 15 is 0 Å². The van der Waals surface area contributed by atoms with Gasteiger partial charge in [0, 0.05) is 37.3 Å². The molecule has 126 valence electrons. The summed E-state index contributed by atoms with van der Waals surface area (Å²) in [5.74, 6) is 2.12. The third kappa shape index (κ3) is 3.86. The van der Waals surface area contributed by atoms with E-state index in [1.165, 1.54) is 0 Å². The SMILES string of the molecule is CCCc1nc(CN(CC)Cc2cccn2-c2ncccn2)no1. The van der Waals surface area contributed by atoms with Gasteiger partial charge in [-0.3, -0.25) is 9.47 Å². The molecular formula is C17H22N6O. The summed E-state index contributed by atoms with van der Waals surface area (Å²) >= 11 is 0. The fourth-order valence-electron chi connectivity index (χ4n) is 2.53. The molecule has 0 unspecified atom stereocenters. The largest absolute Gasteiger partial charge is 0.339 e. The molecule has 7 heteroatoms. The standard InChI is InChI=1S/C17H22N6O/c1-3-7-16-20-15(21-24-16)13-22(4-2)12-14-8-5-11-23(14)17-18-9-6-10-19-17/h5-6,8-11H,3-4,7,12-13H2,1-2H3. The van der Waals surface area contributed by atoms with Crippen LogP contribution in [0.1, 0.15) is 37.7 Å². The molecule has 7 nitrogen and oxygen atoms in total. The molecule has 0 aliphatic rings. The second-order valence-electron chi connectivity index (χ2n) is 5.58. The first-order chi connectivity index (χ1) is 11.8. The van der Waals surface area contributed by atoms with Crippen LogP contribution in [0.4, 0.5) is 0 Å². The summed E-state index contributed by atoms with van der Waals surface area (Å²) in [6.45, 7) is 6.53. The Kier molecular flexibility index (Phi) is 5.32. The average Bonchev–Trinajstić information content (AvgIpc) is 3.25. The maximum Gasteiger partial charge on any atom is 0.233 e. The Morgan fingerprint density at radius 2 is 1.96 bits per heavy atom. The van der Waals surface area contributed by atoms with Crippen molar-refractivity contribution in [1.29, 1.82) is 0 Å². The van der Waals surface area contributed by atoms with E-state index < -0.39 is 0 Å². The summed E-state index contributed by atoms with van der Waals surface area (Å²) in [6.07, 6.45) is 7.31. The number of aromatic nitrogens is 5. The van der Waals surface area contributed by atoms with Gasteiger partial charge in [-0.15, -0.1) is 0 Å². The molecule has 0 spiro atoms. The highest BCUT2D eigenvalue weighted by Gasteiger charge is 2.13. The molecule has 0 N–H and O–H groups in total. The highest BCUT2D eigenvalue weighted by molar-refractivity contribution is 5.20. The van der Waals surface area contributed by atoms with Gasteiger partial charge < -0.3 is 4.52 Å². The van der Waals surface area contributed by atoms with E-state index in [4.69, 9.17) is 4.52 Å². The third-order valence-corrected chi connectivity index (χ3v) is 3.77. The summed E-state index contributed by atoms with van der Waals surface area (Å²) in [4.78, 5) is 15.3. The molecule has 24 heavy (non-hydrogen) atoms. The van der Waals surface area contributed by atoms with E-state index in [2.05, 4.69) is 44.9 Å². The van der Waals surface area contributed by atoms with Crippen molar-refractivity contribution in [2.45, 2.75) is 39.8 Å². The molecule has 3 rings (SSSR count). The van der Waals surface area contributed by atoms with Crippen LogP contribution in [-0.2, 0) is 19.5 Å². The second-order valence-corrected chi connectivity index (χ2v) is 5.58. The zero-order chi connectivity index (χ0) is 16.8. The van der Waals surface area contributed by atoms with Gasteiger partial charge in [-0.1, -0.05) is 19.0 Å². The molecule has 0 radical (unpaired) electrons. The van der Waals surface area contributed by atoms with Crippen molar-refractivity contribution in [2.75, 3.05) is 6.54 Å². The van der Waals surface area contributed by atoms with Crippen LogP contribution >= 0.6 is 0 Å². The predicted octanol–water partition coefficient (Wildman–Crippen LogP) is 2.62. The van der Waals surface area contributed by atoms with E-state index in [0.29, 0.717) is 18.4 Å². The first-order valence-corrected chi connectivity index (χ1v) is 8.27. The quantitative estimate of drug-likeness (QED) is 0.633. The van der Waals surface area contributed by atoms with Gasteiger partial charge in [0.05, 0.1) is 6.54 Å². The lowest BCUT2D eigenvalue weighted by Gasteiger charge is -2.19. The molecule has 0 aliphatic heterocycles. The average molecular weight is 326 g/mol. The molecule has 3 aromatic heterocycles. The van der Waals surface area contributed by atoms with E-state index in [0.717, 1.165) is 37.4 Å². The number of aryl methyl sites for hydroxylation is 1. The number of hydrogen-bond acceptors (Lipinski definition) is 6. The van der Waals surface area contributed by atoms with Crippen molar-refractivity contribution in [1.82, 2.24) is 29.6 Å². The van der Waals surface area contributed by atoms with Crippen molar-refractivity contribution >= 4 is 0 Å². The molecule has 0 bridgehead atoms. The number of rotatable bonds is 8. The Morgan fingerprint density at radius 1 is 1.12 bits per heavy atom. The molecule has 0 fully saturated rings. The molecular weight excluding hydrogens is 304 g/mol. The highest BCUT2D eigenvalue weighted by atomic mass is 16.5. The lowest BCUT2D eigenvalue weighted by molar-refractivity contribution is 0.254. The zero-order valence-electron chi connectivity index (χ0n) is 14.1. The van der Waals surface area contributed by atoms with E-state index in [9.17, 15) is 0 Å². The lowest BCUT2D eigenvalue weighted by atomic mass is 10.3. The third-order valence-electron chi connectivity index (χ3n) is 3.77. The van der Waals surface area contributed by atoms with Gasteiger partial charge >= 0.3 is 0 Å². The van der Waals surface area contributed by atoms with Gasteiger partial charge in [0.15, 0.2) is 5.82 Å². The van der Waals surface area contributed by atoms with Gasteiger partial charge in [0.25, 0.3) is 0 Å². The fourth-order valence-corrected chi connectivity index (χ4v) is 2.53. The molecule has 0 atom stereocenters. The van der Waals surface area contributed by atoms with Crippen LogP contribution < -0.4 is 0 Å². The van der Waals surface area contributed by atoms with Crippen molar-refractivity contribution in [3.05, 3.63) is 54.2 Å². The Morgan fingerprint density at radius 3 is 2.71 bits per heavy atom. The van der Waals surface area contributed by atoms with Crippen LogP contribution in [0.15, 0.2) is 41.3 Å². The van der Waals surface area contributed by atoms with Crippen molar-refractivity contribution in [3.8, 4) is 5.95 Å². The summed E-state index contributed by atoms with van der Waals surface area (Å²) in [5.41, 5.74) is 1.13. The van der Waals surface area contributed by atoms with Crippen LogP contribution in [0.5, 0.6) is 0 Å². The van der Waals surface area contributed by atoms with Gasteiger partial charge in [-0.2, -0.15) is 4.98 Å². The van der Waals surface area contributed by atoms with Crippen LogP contribution in [0.3, 0.4) is 0 Å². The molecule has 3 aromatic rings. The zero-order valence-corrected chi connectivity index (χ0v) is 14.1. The molecule has 0 saturated carbocycles. The van der Waals surface area contributed by atoms with Gasteiger partial charge in [0.2, 0.25) is 11.8 Å². The first kappa shape index (κ1) is 16.3. The molecule has 0 amide bonds. The van der Waals surface area contributed by atoms with E-state index in [1.807, 2.05) is 22.9 Å². The molecule has 0 saturated heterocycles. The van der Waals surface area contributed by atoms with Crippen LogP contribution in [0.2, 0.25) is 0 Å². The van der Waals surface area contributed by atoms with Crippen LogP contribution in [0, 0.1) is 0 Å². The van der Waals surface area contributed by atoms with Gasteiger partial charge in [0.1, 0.15) is 0 Å². The normalized spacial score (nSPS) is 11.3. The Hall–Kier alpha value is -2.54. The predicted molar refractivity (Wildman–Crippen MR) is 89.4 cm³/mol. The minimum Gasteiger partial charge on any atom is -0.339 e. The second kappa shape index (κ2) is 7.83. The maximum absolute atomic E-state index is 5.27. The summed E-state index contributed by atoms with van der Waals surface area (Å²) in [5, 5.41) is 4.07. The Balaban J connectivity index is 1.71. The molecule has 0 aromatic carbocycles. The Labute approximate surface area is 141 Å². The summed E-state index contributed by atoms with van der Waals surface area (Å²) in [7, 11) is 0. The first-order valence-electron chi connectivity index (χ1n) is 8.27. The number of hydrogen-bond donors (Lipinski definition) is 0. The monoisotopic (exact) mass is 326 g/mol. The minimum absolute atomic E-state index is 0.657. The Bertz CT molecular complexity index is 751. The topological polar surface area (TPSA) is 72.9 Å². The van der Waals surface area contributed by atoms with E-state index in [-0.39, 0.29) is 0 Å². The van der Waals surface area contributed by atoms with Crippen LogP contribution in [-0.4, -0.2) is 36.1 Å². The molecule has 0 aliphatic carbocycles. The molecule has 3 heterocycles. The van der Waals surface area contributed by atoms with Crippen molar-refractivity contribution in [2.24, 2.45) is 0 Å². The van der Waals surface area contributed by atoms with Gasteiger partial charge in [-0.25, -0.2) is 9.97 Å². The smallest absolute Gasteiger partial charge is 0.233 e. The summed E-state index contributed by atoms with van der Waals surface area (Å²) in [6, 6.07) is 5.90. The van der Waals surface area contributed by atoms with Crippen molar-refractivity contribution < 1.29 is 4.52 Å². The van der Waals surface area contributed by atoms with Gasteiger partial charge in [-0.05, 0) is 31.2 Å². The minimum atomic E-state index is 0.657. The highest BCUT2D eigenvalue weighted by Crippen LogP contribution is 2.13. The van der Waals surface area contributed by atoms with E-state index in [1.54, 1.807) is 12.4 Å². The maximum atomic E-state index is 5.27. The van der Waals surface area contributed by atoms with Crippen LogP contribution in [0.25, 0.3) is 5.95 Å². The summed E-state index contributed by atoms with van der Waals surface area (Å²) < 4.78 is 7.27. The van der Waals surface area contributed by atoms with Crippen molar-refractivity contribution in [3.63, 3.8) is 0 Å².